The van der Waals surface area contributed by atoms with Crippen molar-refractivity contribution in [2.24, 2.45) is 0 Å². The Morgan fingerprint density at radius 1 is 1.29 bits per heavy atom. The van der Waals surface area contributed by atoms with Gasteiger partial charge in [0.1, 0.15) is 0 Å². The third-order valence-corrected chi connectivity index (χ3v) is 3.07. The number of amides is 2. The Balaban J connectivity index is 4.06. The molecule has 0 rings (SSSR count). The molecule has 0 heterocycles. The topological polar surface area (TPSA) is 92.3 Å². The standard InChI is InChI=1S/C10H16N2O4S/c1-4-9(13)11-8(3)12-10(14)6-7-17(15,16)5-2/h4-5,8H,1-2,6-7H2,3H3,(H,11,13)(H,12,14). The summed E-state index contributed by atoms with van der Waals surface area (Å²) >= 11 is 0. The first-order valence-corrected chi connectivity index (χ1v) is 6.59. The van der Waals surface area contributed by atoms with Gasteiger partial charge in [0.25, 0.3) is 0 Å². The van der Waals surface area contributed by atoms with E-state index >= 15 is 0 Å². The summed E-state index contributed by atoms with van der Waals surface area (Å²) in [6, 6.07) is 0. The third-order valence-electron chi connectivity index (χ3n) is 1.79. The minimum absolute atomic E-state index is 0.178. The molecule has 2 N–H and O–H groups in total. The Morgan fingerprint density at radius 2 is 1.88 bits per heavy atom. The molecule has 0 aliphatic carbocycles. The van der Waals surface area contributed by atoms with E-state index in [1.54, 1.807) is 6.92 Å². The second-order valence-electron chi connectivity index (χ2n) is 3.29. The lowest BCUT2D eigenvalue weighted by atomic mass is 10.4. The lowest BCUT2D eigenvalue weighted by Crippen LogP contribution is -2.45. The van der Waals surface area contributed by atoms with Crippen molar-refractivity contribution in [2.75, 3.05) is 5.75 Å². The zero-order valence-corrected chi connectivity index (χ0v) is 10.4. The fraction of sp³-hybridized carbons (Fsp3) is 0.400. The van der Waals surface area contributed by atoms with Crippen molar-refractivity contribution in [3.8, 4) is 0 Å². The van der Waals surface area contributed by atoms with Gasteiger partial charge < -0.3 is 10.6 Å². The van der Waals surface area contributed by atoms with Crippen LogP contribution in [0.2, 0.25) is 0 Å². The van der Waals surface area contributed by atoms with E-state index in [0.717, 1.165) is 11.5 Å². The summed E-state index contributed by atoms with van der Waals surface area (Å²) < 4.78 is 22.1. The average molecular weight is 260 g/mol. The van der Waals surface area contributed by atoms with Crippen molar-refractivity contribution in [1.29, 1.82) is 0 Å². The van der Waals surface area contributed by atoms with Crippen molar-refractivity contribution >= 4 is 21.7 Å². The molecule has 0 aromatic heterocycles. The van der Waals surface area contributed by atoms with Crippen LogP contribution in [0, 0.1) is 0 Å². The largest absolute Gasteiger partial charge is 0.336 e. The molecule has 0 aromatic rings. The molecule has 6 nitrogen and oxygen atoms in total. The molecule has 0 bridgehead atoms. The fourth-order valence-corrected chi connectivity index (χ4v) is 1.58. The van der Waals surface area contributed by atoms with E-state index < -0.39 is 27.8 Å². The van der Waals surface area contributed by atoms with Gasteiger partial charge in [-0.05, 0) is 13.0 Å². The van der Waals surface area contributed by atoms with Crippen LogP contribution in [0.5, 0.6) is 0 Å². The lowest BCUT2D eigenvalue weighted by Gasteiger charge is -2.14. The van der Waals surface area contributed by atoms with Crippen LogP contribution in [0.25, 0.3) is 0 Å². The molecule has 17 heavy (non-hydrogen) atoms. The summed E-state index contributed by atoms with van der Waals surface area (Å²) in [5.74, 6) is -1.19. The highest BCUT2D eigenvalue weighted by molar-refractivity contribution is 7.94. The summed E-state index contributed by atoms with van der Waals surface area (Å²) in [5.41, 5.74) is 0. The molecule has 0 aromatic carbocycles. The summed E-state index contributed by atoms with van der Waals surface area (Å²) in [5, 5.41) is 5.65. The van der Waals surface area contributed by atoms with Gasteiger partial charge in [0.05, 0.1) is 11.9 Å². The van der Waals surface area contributed by atoms with Gasteiger partial charge in [0.15, 0.2) is 9.84 Å². The maximum atomic E-state index is 11.3. The van der Waals surface area contributed by atoms with E-state index in [0.29, 0.717) is 0 Å². The number of sulfone groups is 1. The number of rotatable bonds is 7. The monoisotopic (exact) mass is 260 g/mol. The quantitative estimate of drug-likeness (QED) is 0.485. The molecule has 0 aliphatic rings. The second kappa shape index (κ2) is 6.85. The Morgan fingerprint density at radius 3 is 2.35 bits per heavy atom. The SMILES string of the molecule is C=CC(=O)NC(C)NC(=O)CCS(=O)(=O)C=C. The Hall–Kier alpha value is -1.63. The van der Waals surface area contributed by atoms with Gasteiger partial charge in [0, 0.05) is 11.8 Å². The molecule has 1 atom stereocenters. The van der Waals surface area contributed by atoms with E-state index in [2.05, 4.69) is 23.8 Å². The van der Waals surface area contributed by atoms with Gasteiger partial charge in [-0.1, -0.05) is 13.2 Å². The van der Waals surface area contributed by atoms with Crippen LogP contribution < -0.4 is 10.6 Å². The summed E-state index contributed by atoms with van der Waals surface area (Å²) in [7, 11) is -3.38. The summed E-state index contributed by atoms with van der Waals surface area (Å²) in [6.45, 7) is 7.95. The number of hydrogen-bond acceptors (Lipinski definition) is 4. The first kappa shape index (κ1) is 15.4. The molecule has 1 unspecified atom stereocenters. The lowest BCUT2D eigenvalue weighted by molar-refractivity contribution is -0.122. The first-order chi connectivity index (χ1) is 7.80. The van der Waals surface area contributed by atoms with Crippen molar-refractivity contribution < 1.29 is 18.0 Å². The minimum Gasteiger partial charge on any atom is -0.336 e. The zero-order chi connectivity index (χ0) is 13.5. The van der Waals surface area contributed by atoms with Crippen molar-refractivity contribution in [3.63, 3.8) is 0 Å². The van der Waals surface area contributed by atoms with Crippen LogP contribution in [-0.4, -0.2) is 32.2 Å². The third kappa shape index (κ3) is 7.29. The molecule has 0 aliphatic heterocycles. The minimum atomic E-state index is -3.38. The highest BCUT2D eigenvalue weighted by atomic mass is 32.2. The average Bonchev–Trinajstić information content (AvgIpc) is 2.26. The van der Waals surface area contributed by atoms with Crippen molar-refractivity contribution in [1.82, 2.24) is 10.6 Å². The fourth-order valence-electron chi connectivity index (χ4n) is 0.940. The molecule has 0 saturated heterocycles. The highest BCUT2D eigenvalue weighted by Crippen LogP contribution is 1.94. The molecular weight excluding hydrogens is 244 g/mol. The van der Waals surface area contributed by atoms with Crippen LogP contribution in [0.15, 0.2) is 24.6 Å². The number of carbonyl (C=O) groups is 2. The van der Waals surface area contributed by atoms with Crippen LogP contribution >= 0.6 is 0 Å². The predicted octanol–water partition coefficient (Wildman–Crippen LogP) is -0.301. The molecule has 0 spiro atoms. The van der Waals surface area contributed by atoms with Crippen LogP contribution in [0.3, 0.4) is 0 Å². The predicted molar refractivity (Wildman–Crippen MR) is 64.5 cm³/mol. The van der Waals surface area contributed by atoms with Crippen LogP contribution in [0.4, 0.5) is 0 Å². The van der Waals surface area contributed by atoms with Gasteiger partial charge in [0.2, 0.25) is 11.8 Å². The Bertz CT molecular complexity index is 414. The smallest absolute Gasteiger partial charge is 0.244 e. The van der Waals surface area contributed by atoms with Crippen LogP contribution in [0.1, 0.15) is 13.3 Å². The highest BCUT2D eigenvalue weighted by Gasteiger charge is 2.12. The normalized spacial score (nSPS) is 12.3. The van der Waals surface area contributed by atoms with E-state index in [4.69, 9.17) is 0 Å². The van der Waals surface area contributed by atoms with E-state index in [-0.39, 0.29) is 12.2 Å². The molecule has 0 saturated carbocycles. The number of hydrogen-bond donors (Lipinski definition) is 2. The first-order valence-electron chi connectivity index (χ1n) is 4.88. The Labute approximate surface area is 101 Å². The number of nitrogens with one attached hydrogen (secondary N) is 2. The maximum Gasteiger partial charge on any atom is 0.244 e. The molecule has 2 amide bonds. The summed E-state index contributed by atoms with van der Waals surface area (Å²) in [4.78, 5) is 22.2. The number of carbonyl (C=O) groups excluding carboxylic acids is 2. The molecule has 96 valence electrons. The second-order valence-corrected chi connectivity index (χ2v) is 5.35. The van der Waals surface area contributed by atoms with Crippen LogP contribution in [-0.2, 0) is 19.4 Å². The molecular formula is C10H16N2O4S. The molecule has 0 radical (unpaired) electrons. The summed E-state index contributed by atoms with van der Waals surface area (Å²) in [6.07, 6.45) is 0.312. The Kier molecular flexibility index (Phi) is 6.19. The van der Waals surface area contributed by atoms with Gasteiger partial charge in [-0.2, -0.15) is 0 Å². The van der Waals surface area contributed by atoms with Gasteiger partial charge in [-0.25, -0.2) is 8.42 Å². The van der Waals surface area contributed by atoms with Gasteiger partial charge in [-0.3, -0.25) is 9.59 Å². The van der Waals surface area contributed by atoms with Gasteiger partial charge in [-0.15, -0.1) is 0 Å². The van der Waals surface area contributed by atoms with E-state index in [1.807, 2.05) is 0 Å². The van der Waals surface area contributed by atoms with E-state index in [9.17, 15) is 18.0 Å². The maximum absolute atomic E-state index is 11.3. The van der Waals surface area contributed by atoms with E-state index in [1.165, 1.54) is 0 Å². The van der Waals surface area contributed by atoms with Crippen molar-refractivity contribution in [2.45, 2.75) is 19.5 Å². The van der Waals surface area contributed by atoms with Crippen molar-refractivity contribution in [3.05, 3.63) is 24.6 Å². The molecule has 0 fully saturated rings. The molecule has 7 heteroatoms. The van der Waals surface area contributed by atoms with Gasteiger partial charge >= 0.3 is 0 Å². The zero-order valence-electron chi connectivity index (χ0n) is 9.60.